The van der Waals surface area contributed by atoms with Gasteiger partial charge in [0.05, 0.1) is 22.8 Å². The standard InChI is InChI=1S/C46H34N4.C33H26N6.C33H24N4/c1-31-26-32(2)48-45(47-31)39-24-22-36(23-25-39)41-27-40(35-20-18-34(19-21-35)33-12-6-3-7-13-33)28-42(29-41)46-49-43(37-14-8-4-9-15-37)30-44(50-46)38-16-10-5-11-17-38;1-21-7-4-10-28(34-21)24-13-17-26(18-14-24)31-37-32(39-33(38-31)30-12-6-9-23(3)36-30)27-19-15-25(16-20-27)29-11-5-8-22(2)35-29;1-23-15-16-30(22-34-23)28-13-8-14-29(21-28)33-36-31(26-11-6-3-7-12-26)35-32(37-33)27-19-17-25(18-20-27)24-9-4-2-5-10-24/h3-30H,1-2H3;4-20H,1-3H3;2-22H,1H3. The SMILES string of the molecule is Cc1cc(C)nc(-c2ccc(-c3cc(-c4ccc(-c5ccccc5)cc4)cc(-c4nc(-c5ccccc5)cc(-c5ccccc5)n4)c3)cc2)n1.Cc1ccc(-c2cccc(-c3nc(-c4ccccc4)nc(-c4ccc(-c5ccccc5)cc4)n3)c2)cn1.Cc1cccc(-c2ccc(-c3nc(-c4ccc(-c5cccc(C)n5)cc4)nc(-c4cccc(C)n4)n3)cc2)n1. The Morgan fingerprint density at radius 2 is 0.381 bits per heavy atom. The number of aromatic nitrogens is 14. The minimum absolute atomic E-state index is 0.535. The van der Waals surface area contributed by atoms with Crippen molar-refractivity contribution in [2.24, 2.45) is 0 Å². The lowest BCUT2D eigenvalue weighted by Gasteiger charge is -2.14. The topological polar surface area (TPSA) is 180 Å². The van der Waals surface area contributed by atoms with Crippen LogP contribution in [0, 0.1) is 41.5 Å². The molecule has 126 heavy (non-hydrogen) atoms. The van der Waals surface area contributed by atoms with Crippen LogP contribution < -0.4 is 0 Å². The van der Waals surface area contributed by atoms with Gasteiger partial charge in [-0.2, -0.15) is 0 Å². The van der Waals surface area contributed by atoms with Crippen LogP contribution in [0.4, 0.5) is 0 Å². The van der Waals surface area contributed by atoms with E-state index < -0.39 is 0 Å². The van der Waals surface area contributed by atoms with E-state index >= 15 is 0 Å². The normalized spacial score (nSPS) is 10.9. The zero-order chi connectivity index (χ0) is 85.7. The Hall–Kier alpha value is -16.6. The summed E-state index contributed by atoms with van der Waals surface area (Å²) in [4.78, 5) is 67.3. The van der Waals surface area contributed by atoms with E-state index in [1.165, 1.54) is 16.7 Å². The quantitative estimate of drug-likeness (QED) is 0.0840. The summed E-state index contributed by atoms with van der Waals surface area (Å²) < 4.78 is 0. The van der Waals surface area contributed by atoms with Gasteiger partial charge in [0.15, 0.2) is 46.6 Å². The fourth-order valence-corrected chi connectivity index (χ4v) is 15.0. The summed E-state index contributed by atoms with van der Waals surface area (Å²) in [5, 5.41) is 0. The molecule has 0 aliphatic rings. The van der Waals surface area contributed by atoms with E-state index in [9.17, 15) is 0 Å². The summed E-state index contributed by atoms with van der Waals surface area (Å²) in [6.07, 6.45) is 1.90. The minimum atomic E-state index is 0.535. The minimum Gasteiger partial charge on any atom is -0.261 e. The van der Waals surface area contributed by atoms with Crippen LogP contribution in [0.5, 0.6) is 0 Å². The van der Waals surface area contributed by atoms with Crippen molar-refractivity contribution in [3.8, 4) is 192 Å². The van der Waals surface area contributed by atoms with Crippen LogP contribution in [-0.2, 0) is 0 Å². The van der Waals surface area contributed by atoms with Crippen LogP contribution >= 0.6 is 0 Å². The molecule has 20 aromatic rings. The molecule has 0 radical (unpaired) electrons. The molecule has 0 unspecified atom stereocenters. The predicted molar refractivity (Wildman–Crippen MR) is 509 cm³/mol. The Morgan fingerprint density at radius 1 is 0.119 bits per heavy atom. The lowest BCUT2D eigenvalue weighted by molar-refractivity contribution is 1.05. The molecular weight excluding hydrogens is 1540 g/mol. The Bertz CT molecular complexity index is 7010. The highest BCUT2D eigenvalue weighted by molar-refractivity contribution is 5.84. The third kappa shape index (κ3) is 19.2. The molecule has 8 heterocycles. The van der Waals surface area contributed by atoms with E-state index in [0.717, 1.165) is 163 Å². The third-order valence-corrected chi connectivity index (χ3v) is 21.5. The van der Waals surface area contributed by atoms with Crippen LogP contribution in [0.2, 0.25) is 0 Å². The second-order valence-electron chi connectivity index (χ2n) is 30.8. The van der Waals surface area contributed by atoms with Crippen LogP contribution in [-0.4, -0.2) is 69.8 Å². The molecule has 0 bridgehead atoms. The van der Waals surface area contributed by atoms with Crippen molar-refractivity contribution in [3.63, 3.8) is 0 Å². The van der Waals surface area contributed by atoms with Gasteiger partial charge in [0.1, 0.15) is 5.69 Å². The molecule has 12 aromatic carbocycles. The van der Waals surface area contributed by atoms with Gasteiger partial charge in [-0.05, 0) is 170 Å². The maximum atomic E-state index is 5.17. The number of pyridine rings is 4. The number of hydrogen-bond acceptors (Lipinski definition) is 14. The first-order valence-electron chi connectivity index (χ1n) is 41.8. The first-order chi connectivity index (χ1) is 61.8. The lowest BCUT2D eigenvalue weighted by Crippen LogP contribution is -2.01. The van der Waals surface area contributed by atoms with Gasteiger partial charge >= 0.3 is 0 Å². The van der Waals surface area contributed by atoms with Crippen molar-refractivity contribution < 1.29 is 0 Å². The van der Waals surface area contributed by atoms with Gasteiger partial charge in [-0.3, -0.25) is 15.0 Å². The summed E-state index contributed by atoms with van der Waals surface area (Å²) in [5.41, 5.74) is 32.1. The van der Waals surface area contributed by atoms with Crippen LogP contribution in [0.25, 0.3) is 192 Å². The van der Waals surface area contributed by atoms with Gasteiger partial charge in [-0.15, -0.1) is 0 Å². The fraction of sp³-hybridized carbons (Fsp3) is 0.0536. The molecule has 0 spiro atoms. The van der Waals surface area contributed by atoms with Crippen LogP contribution in [0.1, 0.15) is 34.2 Å². The van der Waals surface area contributed by atoms with Crippen molar-refractivity contribution in [1.29, 1.82) is 0 Å². The second-order valence-corrected chi connectivity index (χ2v) is 30.8. The van der Waals surface area contributed by atoms with Gasteiger partial charge in [-0.25, -0.2) is 54.8 Å². The summed E-state index contributed by atoms with van der Waals surface area (Å²) in [6.45, 7) is 11.9. The molecule has 14 heteroatoms. The third-order valence-electron chi connectivity index (χ3n) is 21.5. The highest BCUT2D eigenvalue weighted by atomic mass is 15.1. The molecule has 0 N–H and O–H groups in total. The smallest absolute Gasteiger partial charge is 0.182 e. The maximum absolute atomic E-state index is 5.17. The monoisotopic (exact) mass is 1620 g/mol. The zero-order valence-electron chi connectivity index (χ0n) is 70.4. The molecule has 0 aliphatic heterocycles. The van der Waals surface area contributed by atoms with Crippen molar-refractivity contribution in [3.05, 3.63) is 435 Å². The highest BCUT2D eigenvalue weighted by Crippen LogP contribution is 2.38. The second kappa shape index (κ2) is 37.2. The first-order valence-corrected chi connectivity index (χ1v) is 41.8. The first kappa shape index (κ1) is 80.5. The van der Waals surface area contributed by atoms with Crippen LogP contribution in [0.15, 0.2) is 401 Å². The van der Waals surface area contributed by atoms with Gasteiger partial charge in [0.2, 0.25) is 0 Å². The number of aryl methyl sites for hydroxylation is 6. The summed E-state index contributed by atoms with van der Waals surface area (Å²) >= 11 is 0. The molecule has 602 valence electrons. The Balaban J connectivity index is 0.000000130. The molecule has 0 aliphatic carbocycles. The Morgan fingerprint density at radius 3 is 0.778 bits per heavy atom. The Kier molecular flexibility index (Phi) is 23.8. The lowest BCUT2D eigenvalue weighted by atomic mass is 9.94. The number of hydrogen-bond donors (Lipinski definition) is 0. The predicted octanol–water partition coefficient (Wildman–Crippen LogP) is 26.8. The summed E-state index contributed by atoms with van der Waals surface area (Å²) in [6, 6.07) is 134. The average Bonchev–Trinajstić information content (AvgIpc) is 0.828. The number of nitrogens with zero attached hydrogens (tertiary/aromatic N) is 14. The summed E-state index contributed by atoms with van der Waals surface area (Å²) in [5.74, 6) is 5.06. The molecule has 20 rings (SSSR count). The van der Waals surface area contributed by atoms with E-state index in [1.807, 2.05) is 230 Å². The van der Waals surface area contributed by atoms with Gasteiger partial charge < -0.3 is 0 Å². The molecule has 0 saturated carbocycles. The van der Waals surface area contributed by atoms with Crippen molar-refractivity contribution in [2.45, 2.75) is 41.5 Å². The van der Waals surface area contributed by atoms with Crippen molar-refractivity contribution in [2.75, 3.05) is 0 Å². The molecule has 0 fully saturated rings. The largest absolute Gasteiger partial charge is 0.261 e. The highest BCUT2D eigenvalue weighted by Gasteiger charge is 2.20. The number of rotatable bonds is 17. The van der Waals surface area contributed by atoms with E-state index in [2.05, 4.69) is 242 Å². The van der Waals surface area contributed by atoms with Crippen molar-refractivity contribution >= 4 is 0 Å². The molecule has 14 nitrogen and oxygen atoms in total. The van der Waals surface area contributed by atoms with Crippen LogP contribution in [0.3, 0.4) is 0 Å². The number of benzene rings is 12. The maximum Gasteiger partial charge on any atom is 0.182 e. The van der Waals surface area contributed by atoms with E-state index in [-0.39, 0.29) is 0 Å². The zero-order valence-corrected chi connectivity index (χ0v) is 70.4. The molecule has 0 amide bonds. The Labute approximate surface area is 733 Å². The van der Waals surface area contributed by atoms with Gasteiger partial charge in [-0.1, -0.05) is 315 Å². The summed E-state index contributed by atoms with van der Waals surface area (Å²) in [7, 11) is 0. The molecule has 0 saturated heterocycles. The van der Waals surface area contributed by atoms with E-state index in [4.69, 9.17) is 39.9 Å². The van der Waals surface area contributed by atoms with Crippen molar-refractivity contribution in [1.82, 2.24) is 69.8 Å². The van der Waals surface area contributed by atoms with E-state index in [1.54, 1.807) is 0 Å². The average molecular weight is 1630 g/mol. The fourth-order valence-electron chi connectivity index (χ4n) is 15.0. The molecule has 8 aromatic heterocycles. The molecule has 0 atom stereocenters. The molecular formula is C112H84N14. The van der Waals surface area contributed by atoms with Gasteiger partial charge in [0.25, 0.3) is 0 Å². The van der Waals surface area contributed by atoms with Gasteiger partial charge in [0, 0.05) is 107 Å². The van der Waals surface area contributed by atoms with E-state index in [0.29, 0.717) is 46.5 Å².